The third-order valence-electron chi connectivity index (χ3n) is 4.83. The lowest BCUT2D eigenvalue weighted by Gasteiger charge is -2.35. The van der Waals surface area contributed by atoms with E-state index in [0.29, 0.717) is 5.92 Å². The van der Waals surface area contributed by atoms with E-state index < -0.39 is 0 Å². The minimum absolute atomic E-state index is 0.483. The minimum Gasteiger partial charge on any atom is -0.252 e. The minimum atomic E-state index is 0.483. The van der Waals surface area contributed by atoms with Crippen molar-refractivity contribution in [3.05, 3.63) is 52.2 Å². The van der Waals surface area contributed by atoms with Crippen molar-refractivity contribution < 1.29 is 0 Å². The molecule has 2 aromatic rings. The lowest BCUT2D eigenvalue weighted by molar-refractivity contribution is 0.398. The Labute approximate surface area is 124 Å². The fourth-order valence-electron chi connectivity index (χ4n) is 3.89. The zero-order valence-electron chi connectivity index (χ0n) is 11.7. The second-order valence-corrected chi connectivity index (χ2v) is 6.48. The van der Waals surface area contributed by atoms with Crippen LogP contribution >= 0.6 is 11.6 Å². The molecule has 0 spiro atoms. The molecule has 0 fully saturated rings. The van der Waals surface area contributed by atoms with Gasteiger partial charge in [0.1, 0.15) is 0 Å². The first kappa shape index (κ1) is 12.4. The summed E-state index contributed by atoms with van der Waals surface area (Å²) in [5.41, 5.74) is 5.17. The Bertz CT molecular complexity index is 717. The monoisotopic (exact) mass is 283 g/mol. The van der Waals surface area contributed by atoms with Crippen LogP contribution in [0.2, 0.25) is 5.02 Å². The zero-order valence-corrected chi connectivity index (χ0v) is 12.5. The van der Waals surface area contributed by atoms with E-state index in [-0.39, 0.29) is 0 Å². The summed E-state index contributed by atoms with van der Waals surface area (Å²) >= 11 is 6.73. The summed E-state index contributed by atoms with van der Waals surface area (Å²) < 4.78 is 0. The molecular formula is C18H18ClN. The number of halogens is 1. The first-order valence-corrected chi connectivity index (χ1v) is 7.90. The molecule has 1 nitrogen and oxygen atoms in total. The maximum Gasteiger partial charge on any atom is 0.0720 e. The van der Waals surface area contributed by atoms with Gasteiger partial charge in [-0.25, -0.2) is 0 Å². The van der Waals surface area contributed by atoms with Crippen molar-refractivity contribution in [3.63, 3.8) is 0 Å². The Morgan fingerprint density at radius 3 is 2.95 bits per heavy atom. The molecule has 2 bridgehead atoms. The van der Waals surface area contributed by atoms with E-state index in [2.05, 4.69) is 25.1 Å². The fourth-order valence-corrected chi connectivity index (χ4v) is 4.30. The van der Waals surface area contributed by atoms with Gasteiger partial charge in [-0.15, -0.1) is 0 Å². The molecule has 0 unspecified atom stereocenters. The molecule has 20 heavy (non-hydrogen) atoms. The van der Waals surface area contributed by atoms with Crippen molar-refractivity contribution in [1.29, 1.82) is 0 Å². The molecule has 0 aliphatic heterocycles. The molecule has 1 aromatic heterocycles. The number of benzene rings is 1. The molecule has 2 heteroatoms. The van der Waals surface area contributed by atoms with Crippen molar-refractivity contribution in [1.82, 2.24) is 4.98 Å². The number of rotatable bonds is 1. The second kappa shape index (κ2) is 4.60. The van der Waals surface area contributed by atoms with E-state index in [4.69, 9.17) is 16.6 Å². The molecule has 4 rings (SSSR count). The van der Waals surface area contributed by atoms with Gasteiger partial charge in [-0.3, -0.25) is 4.98 Å². The lowest BCUT2D eigenvalue weighted by atomic mass is 9.71. The molecule has 0 amide bonds. The smallest absolute Gasteiger partial charge is 0.0720 e. The Hall–Kier alpha value is -1.34. The standard InChI is InChI=1S/C18H18ClN/c1-2-11-7-12-9-13(8-11)17-16(10-12)20-15-6-4-3-5-14(15)18(17)19/h3-6,8,12-13H,2,7,9-10H2,1H3/t12-,13+/m0/s1. The van der Waals surface area contributed by atoms with Crippen molar-refractivity contribution in [2.45, 2.75) is 38.5 Å². The number of hydrogen-bond acceptors (Lipinski definition) is 1. The van der Waals surface area contributed by atoms with Crippen molar-refractivity contribution in [2.24, 2.45) is 5.92 Å². The Morgan fingerprint density at radius 1 is 1.25 bits per heavy atom. The topological polar surface area (TPSA) is 12.9 Å². The van der Waals surface area contributed by atoms with Crippen LogP contribution in [0.1, 0.15) is 43.4 Å². The maximum absolute atomic E-state index is 6.73. The molecule has 2 aliphatic rings. The highest BCUT2D eigenvalue weighted by atomic mass is 35.5. The summed E-state index contributed by atoms with van der Waals surface area (Å²) in [4.78, 5) is 4.90. The van der Waals surface area contributed by atoms with Crippen molar-refractivity contribution in [3.8, 4) is 0 Å². The lowest BCUT2D eigenvalue weighted by Crippen LogP contribution is -2.23. The molecule has 0 N–H and O–H groups in total. The van der Waals surface area contributed by atoms with Crippen LogP contribution in [-0.4, -0.2) is 4.98 Å². The number of hydrogen-bond donors (Lipinski definition) is 0. The summed E-state index contributed by atoms with van der Waals surface area (Å²) in [6.07, 6.45) is 7.21. The number of nitrogens with zero attached hydrogens (tertiary/aromatic N) is 1. The van der Waals surface area contributed by atoms with Gasteiger partial charge in [-0.05, 0) is 43.2 Å². The summed E-state index contributed by atoms with van der Waals surface area (Å²) in [7, 11) is 0. The molecule has 2 aliphatic carbocycles. The summed E-state index contributed by atoms with van der Waals surface area (Å²) in [6.45, 7) is 2.26. The van der Waals surface area contributed by atoms with Crippen molar-refractivity contribution in [2.75, 3.05) is 0 Å². The molecule has 102 valence electrons. The highest BCUT2D eigenvalue weighted by molar-refractivity contribution is 6.36. The maximum atomic E-state index is 6.73. The summed E-state index contributed by atoms with van der Waals surface area (Å²) in [5.74, 6) is 1.24. The molecule has 0 saturated carbocycles. The van der Waals surface area contributed by atoms with Crippen LogP contribution in [0, 0.1) is 5.92 Å². The van der Waals surface area contributed by atoms with Gasteiger partial charge in [0.15, 0.2) is 0 Å². The number of fused-ring (bicyclic) bond motifs is 5. The van der Waals surface area contributed by atoms with Crippen molar-refractivity contribution >= 4 is 22.5 Å². The van der Waals surface area contributed by atoms with Crippen LogP contribution in [-0.2, 0) is 6.42 Å². The first-order valence-electron chi connectivity index (χ1n) is 7.52. The van der Waals surface area contributed by atoms with Crippen LogP contribution in [0.15, 0.2) is 35.9 Å². The quantitative estimate of drug-likeness (QED) is 0.649. The predicted molar refractivity (Wildman–Crippen MR) is 84.3 cm³/mol. The average Bonchev–Trinajstić information content (AvgIpc) is 2.46. The largest absolute Gasteiger partial charge is 0.252 e. The Balaban J connectivity index is 1.96. The highest BCUT2D eigenvalue weighted by Crippen LogP contribution is 2.46. The van der Waals surface area contributed by atoms with E-state index in [9.17, 15) is 0 Å². The molecular weight excluding hydrogens is 266 g/mol. The third kappa shape index (κ3) is 1.80. The number of aromatic nitrogens is 1. The van der Waals surface area contributed by atoms with Crippen LogP contribution in [0.4, 0.5) is 0 Å². The molecule has 1 aromatic carbocycles. The second-order valence-electron chi connectivity index (χ2n) is 6.10. The first-order chi connectivity index (χ1) is 9.76. The van der Waals surface area contributed by atoms with Crippen LogP contribution < -0.4 is 0 Å². The van der Waals surface area contributed by atoms with E-state index in [0.717, 1.165) is 28.3 Å². The summed E-state index contributed by atoms with van der Waals surface area (Å²) in [6, 6.07) is 8.24. The van der Waals surface area contributed by atoms with Crippen LogP contribution in [0.3, 0.4) is 0 Å². The molecule has 0 radical (unpaired) electrons. The van der Waals surface area contributed by atoms with Gasteiger partial charge in [-0.1, -0.05) is 48.4 Å². The number of allylic oxidation sites excluding steroid dienone is 2. The van der Waals surface area contributed by atoms with Gasteiger partial charge < -0.3 is 0 Å². The fraction of sp³-hybridized carbons (Fsp3) is 0.389. The summed E-state index contributed by atoms with van der Waals surface area (Å²) in [5, 5.41) is 2.03. The van der Waals surface area contributed by atoms with Gasteiger partial charge in [0.05, 0.1) is 10.5 Å². The van der Waals surface area contributed by atoms with Gasteiger partial charge in [0.2, 0.25) is 0 Å². The van der Waals surface area contributed by atoms with Gasteiger partial charge in [0, 0.05) is 17.0 Å². The molecule has 0 saturated heterocycles. The van der Waals surface area contributed by atoms with Crippen LogP contribution in [0.25, 0.3) is 10.9 Å². The average molecular weight is 284 g/mol. The van der Waals surface area contributed by atoms with E-state index >= 15 is 0 Å². The zero-order chi connectivity index (χ0) is 13.7. The number of para-hydroxylation sites is 1. The van der Waals surface area contributed by atoms with Gasteiger partial charge in [0.25, 0.3) is 0 Å². The predicted octanol–water partition coefficient (Wildman–Crippen LogP) is 5.27. The number of pyridine rings is 1. The van der Waals surface area contributed by atoms with Gasteiger partial charge in [-0.2, -0.15) is 0 Å². The SMILES string of the molecule is CCC1=C[C@@H]2C[C@H](C1)Cc1nc3ccccc3c(Cl)c12. The van der Waals surface area contributed by atoms with E-state index in [1.54, 1.807) is 5.57 Å². The molecule has 1 heterocycles. The normalized spacial score (nSPS) is 24.4. The van der Waals surface area contributed by atoms with Crippen LogP contribution in [0.5, 0.6) is 0 Å². The molecule has 2 atom stereocenters. The highest BCUT2D eigenvalue weighted by Gasteiger charge is 2.33. The van der Waals surface area contributed by atoms with Gasteiger partial charge >= 0.3 is 0 Å². The Kier molecular flexibility index (Phi) is 2.85. The Morgan fingerprint density at radius 2 is 2.10 bits per heavy atom. The third-order valence-corrected chi connectivity index (χ3v) is 5.23. The van der Waals surface area contributed by atoms with E-state index in [1.807, 2.05) is 12.1 Å². The van der Waals surface area contributed by atoms with E-state index in [1.165, 1.54) is 30.5 Å².